The molecule has 5 nitrogen and oxygen atoms in total. The number of rotatable bonds is 5. The molecule has 90 valence electrons. The summed E-state index contributed by atoms with van der Waals surface area (Å²) in [5, 5.41) is 11.9. The maximum atomic E-state index is 10.8. The van der Waals surface area contributed by atoms with Crippen LogP contribution in [0.2, 0.25) is 0 Å². The Labute approximate surface area is 100 Å². The van der Waals surface area contributed by atoms with Crippen molar-refractivity contribution in [2.45, 2.75) is 19.5 Å². The minimum absolute atomic E-state index is 0.400. The van der Waals surface area contributed by atoms with E-state index in [9.17, 15) is 4.79 Å². The molecule has 17 heavy (non-hydrogen) atoms. The lowest BCUT2D eigenvalue weighted by Crippen LogP contribution is -2.38. The topological polar surface area (TPSA) is 88.1 Å². The van der Waals surface area contributed by atoms with Crippen LogP contribution >= 0.6 is 0 Å². The minimum Gasteiger partial charge on any atom is -0.495 e. The summed E-state index contributed by atoms with van der Waals surface area (Å²) in [6.07, 6.45) is 0. The van der Waals surface area contributed by atoms with Crippen molar-refractivity contribution in [3.8, 4) is 11.8 Å². The van der Waals surface area contributed by atoms with E-state index < -0.39 is 11.9 Å². The molecule has 0 bridgehead atoms. The Hall–Kier alpha value is -2.06. The van der Waals surface area contributed by atoms with Crippen LogP contribution in [0.25, 0.3) is 0 Å². The highest BCUT2D eigenvalue weighted by molar-refractivity contribution is 5.79. The van der Waals surface area contributed by atoms with Crippen LogP contribution in [0.4, 0.5) is 0 Å². The van der Waals surface area contributed by atoms with Gasteiger partial charge in [-0.15, -0.1) is 0 Å². The molecule has 1 unspecified atom stereocenters. The second-order valence-electron chi connectivity index (χ2n) is 3.65. The summed E-state index contributed by atoms with van der Waals surface area (Å²) in [6.45, 7) is 2.17. The Balaban J connectivity index is 2.74. The summed E-state index contributed by atoms with van der Waals surface area (Å²) >= 11 is 0. The van der Waals surface area contributed by atoms with E-state index in [1.807, 2.05) is 6.07 Å². The third-order valence-corrected chi connectivity index (χ3v) is 2.42. The predicted octanol–water partition coefficient (Wildman–Crippen LogP) is 0.530. The monoisotopic (exact) mass is 233 g/mol. The van der Waals surface area contributed by atoms with Gasteiger partial charge in [0.1, 0.15) is 11.8 Å². The SMILES string of the molecule is COc1ccc(CNC(C)C(N)=O)cc1C#N. The first-order chi connectivity index (χ1) is 8.08. The first kappa shape index (κ1) is 13.0. The average Bonchev–Trinajstić information content (AvgIpc) is 2.35. The van der Waals surface area contributed by atoms with Crippen molar-refractivity contribution in [1.29, 1.82) is 5.26 Å². The summed E-state index contributed by atoms with van der Waals surface area (Å²) < 4.78 is 5.04. The molecule has 0 spiro atoms. The van der Waals surface area contributed by atoms with Crippen molar-refractivity contribution in [2.24, 2.45) is 5.73 Å². The summed E-state index contributed by atoms with van der Waals surface area (Å²) in [5.74, 6) is 0.137. The lowest BCUT2D eigenvalue weighted by molar-refractivity contribution is -0.119. The van der Waals surface area contributed by atoms with Gasteiger partial charge in [0.15, 0.2) is 0 Å². The van der Waals surface area contributed by atoms with E-state index in [-0.39, 0.29) is 0 Å². The molecule has 0 saturated carbocycles. The highest BCUT2D eigenvalue weighted by Gasteiger charge is 2.08. The Morgan fingerprint density at radius 2 is 2.35 bits per heavy atom. The fourth-order valence-corrected chi connectivity index (χ4v) is 1.32. The molecular weight excluding hydrogens is 218 g/mol. The van der Waals surface area contributed by atoms with E-state index in [2.05, 4.69) is 11.4 Å². The zero-order valence-electron chi connectivity index (χ0n) is 9.86. The molecule has 0 heterocycles. The molecule has 1 amide bonds. The highest BCUT2D eigenvalue weighted by atomic mass is 16.5. The predicted molar refractivity (Wildman–Crippen MR) is 63.2 cm³/mol. The molecule has 0 aliphatic carbocycles. The van der Waals surface area contributed by atoms with E-state index in [4.69, 9.17) is 15.7 Å². The third-order valence-electron chi connectivity index (χ3n) is 2.42. The lowest BCUT2D eigenvalue weighted by atomic mass is 10.1. The number of nitrogens with one attached hydrogen (secondary N) is 1. The van der Waals surface area contributed by atoms with Crippen LogP contribution in [0.1, 0.15) is 18.1 Å². The van der Waals surface area contributed by atoms with Crippen molar-refractivity contribution in [1.82, 2.24) is 5.32 Å². The van der Waals surface area contributed by atoms with Gasteiger partial charge in [-0.25, -0.2) is 0 Å². The van der Waals surface area contributed by atoms with Crippen molar-refractivity contribution < 1.29 is 9.53 Å². The number of primary amides is 1. The van der Waals surface area contributed by atoms with Gasteiger partial charge in [-0.05, 0) is 24.6 Å². The van der Waals surface area contributed by atoms with E-state index >= 15 is 0 Å². The number of nitrogens with two attached hydrogens (primary N) is 1. The van der Waals surface area contributed by atoms with Gasteiger partial charge in [-0.1, -0.05) is 6.07 Å². The maximum absolute atomic E-state index is 10.8. The summed E-state index contributed by atoms with van der Waals surface area (Å²) in [6, 6.07) is 6.93. The number of hydrogen-bond donors (Lipinski definition) is 2. The van der Waals surface area contributed by atoms with Crippen molar-refractivity contribution in [3.05, 3.63) is 29.3 Å². The summed E-state index contributed by atoms with van der Waals surface area (Å²) in [4.78, 5) is 10.8. The highest BCUT2D eigenvalue weighted by Crippen LogP contribution is 2.18. The number of carbonyl (C=O) groups excluding carboxylic acids is 1. The molecule has 1 atom stereocenters. The average molecular weight is 233 g/mol. The normalized spacial score (nSPS) is 11.6. The fourth-order valence-electron chi connectivity index (χ4n) is 1.32. The van der Waals surface area contributed by atoms with Gasteiger partial charge in [0.05, 0.1) is 18.7 Å². The standard InChI is InChI=1S/C12H15N3O2/c1-8(12(14)16)15-7-9-3-4-11(17-2)10(5-9)6-13/h3-5,8,15H,7H2,1-2H3,(H2,14,16). The molecule has 1 aromatic rings. The number of methoxy groups -OCH3 is 1. The largest absolute Gasteiger partial charge is 0.495 e. The van der Waals surface area contributed by atoms with E-state index in [1.54, 1.807) is 19.1 Å². The first-order valence-corrected chi connectivity index (χ1v) is 5.18. The molecule has 3 N–H and O–H groups in total. The maximum Gasteiger partial charge on any atom is 0.234 e. The van der Waals surface area contributed by atoms with Crippen molar-refractivity contribution >= 4 is 5.91 Å². The number of hydrogen-bond acceptors (Lipinski definition) is 4. The molecule has 1 aromatic carbocycles. The second-order valence-corrected chi connectivity index (χ2v) is 3.65. The molecule has 0 aliphatic rings. The van der Waals surface area contributed by atoms with Crippen LogP contribution in [-0.4, -0.2) is 19.1 Å². The Kier molecular flexibility index (Phi) is 4.49. The van der Waals surface area contributed by atoms with E-state index in [1.165, 1.54) is 7.11 Å². The van der Waals surface area contributed by atoms with Gasteiger partial charge in [0, 0.05) is 6.54 Å². The molecular formula is C12H15N3O2. The van der Waals surface area contributed by atoms with Crippen LogP contribution in [0.3, 0.4) is 0 Å². The first-order valence-electron chi connectivity index (χ1n) is 5.18. The molecule has 0 fully saturated rings. The van der Waals surface area contributed by atoms with Crippen LogP contribution in [0.15, 0.2) is 18.2 Å². The fraction of sp³-hybridized carbons (Fsp3) is 0.333. The third kappa shape index (κ3) is 3.47. The number of amides is 1. The van der Waals surface area contributed by atoms with Gasteiger partial charge >= 0.3 is 0 Å². The summed E-state index contributed by atoms with van der Waals surface area (Å²) in [7, 11) is 1.52. The lowest BCUT2D eigenvalue weighted by Gasteiger charge is -2.11. The van der Waals surface area contributed by atoms with E-state index in [0.29, 0.717) is 17.9 Å². The van der Waals surface area contributed by atoms with Crippen LogP contribution < -0.4 is 15.8 Å². The number of benzene rings is 1. The van der Waals surface area contributed by atoms with Gasteiger partial charge in [-0.3, -0.25) is 4.79 Å². The van der Waals surface area contributed by atoms with Crippen molar-refractivity contribution in [2.75, 3.05) is 7.11 Å². The van der Waals surface area contributed by atoms with Gasteiger partial charge in [-0.2, -0.15) is 5.26 Å². The number of carbonyl (C=O) groups is 1. The number of nitriles is 1. The van der Waals surface area contributed by atoms with Crippen LogP contribution in [0.5, 0.6) is 5.75 Å². The Morgan fingerprint density at radius 1 is 1.65 bits per heavy atom. The Bertz CT molecular complexity index is 452. The Morgan fingerprint density at radius 3 is 2.88 bits per heavy atom. The number of nitrogens with zero attached hydrogens (tertiary/aromatic N) is 1. The molecule has 0 aromatic heterocycles. The molecule has 1 rings (SSSR count). The van der Waals surface area contributed by atoms with Gasteiger partial charge < -0.3 is 15.8 Å². The zero-order valence-corrected chi connectivity index (χ0v) is 9.86. The summed E-state index contributed by atoms with van der Waals surface area (Å²) in [5.41, 5.74) is 6.50. The van der Waals surface area contributed by atoms with Gasteiger partial charge in [0.25, 0.3) is 0 Å². The van der Waals surface area contributed by atoms with Crippen LogP contribution in [0, 0.1) is 11.3 Å². The second kappa shape index (κ2) is 5.87. The molecule has 0 saturated heterocycles. The minimum atomic E-state index is -0.404. The number of ether oxygens (including phenoxy) is 1. The van der Waals surface area contributed by atoms with Crippen LogP contribution in [-0.2, 0) is 11.3 Å². The molecule has 0 radical (unpaired) electrons. The van der Waals surface area contributed by atoms with E-state index in [0.717, 1.165) is 5.56 Å². The molecule has 0 aliphatic heterocycles. The molecule has 5 heteroatoms. The van der Waals surface area contributed by atoms with Crippen molar-refractivity contribution in [3.63, 3.8) is 0 Å². The van der Waals surface area contributed by atoms with Gasteiger partial charge in [0.2, 0.25) is 5.91 Å². The quantitative estimate of drug-likeness (QED) is 0.776. The smallest absolute Gasteiger partial charge is 0.234 e. The zero-order chi connectivity index (χ0) is 12.8.